The van der Waals surface area contributed by atoms with Crippen LogP contribution in [0.2, 0.25) is 0 Å². The molecule has 0 unspecified atom stereocenters. The summed E-state index contributed by atoms with van der Waals surface area (Å²) in [6.45, 7) is 6.54. The van der Waals surface area contributed by atoms with Crippen molar-refractivity contribution in [2.24, 2.45) is 7.05 Å². The van der Waals surface area contributed by atoms with E-state index in [0.29, 0.717) is 0 Å². The van der Waals surface area contributed by atoms with Crippen LogP contribution in [0.15, 0.2) is 48.8 Å². The third-order valence-corrected chi connectivity index (χ3v) is 4.15. The monoisotopic (exact) mass is 276 g/mol. The largest absolute Gasteiger partial charge is 0.334 e. The highest BCUT2D eigenvalue weighted by molar-refractivity contribution is 5.79. The van der Waals surface area contributed by atoms with Gasteiger partial charge in [-0.1, -0.05) is 36.4 Å². The molecule has 0 fully saturated rings. The lowest BCUT2D eigenvalue weighted by atomic mass is 9.90. The topological polar surface area (TPSA) is 17.8 Å². The van der Waals surface area contributed by atoms with Crippen LogP contribution in [0.1, 0.15) is 16.7 Å². The maximum absolute atomic E-state index is 4.49. The summed E-state index contributed by atoms with van der Waals surface area (Å²) in [4.78, 5) is 4.49. The third-order valence-electron chi connectivity index (χ3n) is 4.15. The first-order valence-corrected chi connectivity index (χ1v) is 7.23. The molecule has 2 aromatic carbocycles. The van der Waals surface area contributed by atoms with Gasteiger partial charge in [0, 0.05) is 25.0 Å². The molecule has 1 aromatic heterocycles. The van der Waals surface area contributed by atoms with Gasteiger partial charge in [0.15, 0.2) is 0 Å². The van der Waals surface area contributed by atoms with E-state index in [1.807, 2.05) is 19.4 Å². The van der Waals surface area contributed by atoms with E-state index in [1.165, 1.54) is 33.4 Å². The van der Waals surface area contributed by atoms with Gasteiger partial charge in [0.2, 0.25) is 0 Å². The Balaban J connectivity index is 2.25. The standard InChI is InChI=1S/C19H20N2/c1-13-7-5-8-14(2)18(13)16-9-6-10-17(15(16)3)19-20-11-12-21(19)4/h5-12H,1-4H3. The van der Waals surface area contributed by atoms with Gasteiger partial charge in [0.05, 0.1) is 0 Å². The molecule has 1 heterocycles. The van der Waals surface area contributed by atoms with Gasteiger partial charge < -0.3 is 4.57 Å². The highest BCUT2D eigenvalue weighted by Gasteiger charge is 2.13. The lowest BCUT2D eigenvalue weighted by Gasteiger charge is -2.15. The summed E-state index contributed by atoms with van der Waals surface area (Å²) in [6.07, 6.45) is 3.83. The van der Waals surface area contributed by atoms with Gasteiger partial charge in [-0.05, 0) is 48.6 Å². The van der Waals surface area contributed by atoms with Crippen molar-refractivity contribution >= 4 is 0 Å². The van der Waals surface area contributed by atoms with Gasteiger partial charge in [-0.15, -0.1) is 0 Å². The second-order valence-electron chi connectivity index (χ2n) is 5.61. The van der Waals surface area contributed by atoms with Crippen molar-refractivity contribution in [3.8, 4) is 22.5 Å². The van der Waals surface area contributed by atoms with Crippen molar-refractivity contribution in [3.05, 3.63) is 65.5 Å². The Kier molecular flexibility index (Phi) is 3.38. The molecule has 3 aromatic rings. The van der Waals surface area contributed by atoms with E-state index >= 15 is 0 Å². The van der Waals surface area contributed by atoms with Crippen LogP contribution in [0.3, 0.4) is 0 Å². The first-order chi connectivity index (χ1) is 10.1. The predicted molar refractivity (Wildman–Crippen MR) is 88.3 cm³/mol. The second kappa shape index (κ2) is 5.21. The predicted octanol–water partition coefficient (Wildman–Crippen LogP) is 4.68. The minimum Gasteiger partial charge on any atom is -0.334 e. The summed E-state index contributed by atoms with van der Waals surface area (Å²) in [5.74, 6) is 1.01. The number of benzene rings is 2. The minimum atomic E-state index is 1.01. The zero-order valence-corrected chi connectivity index (χ0v) is 13.0. The molecular weight excluding hydrogens is 256 g/mol. The van der Waals surface area contributed by atoms with Crippen molar-refractivity contribution in [3.63, 3.8) is 0 Å². The zero-order chi connectivity index (χ0) is 15.0. The van der Waals surface area contributed by atoms with Crippen LogP contribution >= 0.6 is 0 Å². The minimum absolute atomic E-state index is 1.01. The Morgan fingerprint density at radius 2 is 1.48 bits per heavy atom. The number of imidazole rings is 1. The molecule has 0 amide bonds. The summed E-state index contributed by atoms with van der Waals surface area (Å²) in [7, 11) is 2.04. The summed E-state index contributed by atoms with van der Waals surface area (Å²) in [5.41, 5.74) is 7.74. The molecule has 0 radical (unpaired) electrons. The van der Waals surface area contributed by atoms with Crippen LogP contribution in [0.25, 0.3) is 22.5 Å². The average molecular weight is 276 g/mol. The number of nitrogens with zero attached hydrogens (tertiary/aromatic N) is 2. The maximum Gasteiger partial charge on any atom is 0.139 e. The van der Waals surface area contributed by atoms with E-state index in [-0.39, 0.29) is 0 Å². The van der Waals surface area contributed by atoms with Crippen LogP contribution in [0.5, 0.6) is 0 Å². The van der Waals surface area contributed by atoms with Crippen LogP contribution in [0, 0.1) is 20.8 Å². The molecule has 0 saturated carbocycles. The van der Waals surface area contributed by atoms with Crippen LogP contribution < -0.4 is 0 Å². The Morgan fingerprint density at radius 3 is 2.10 bits per heavy atom. The van der Waals surface area contributed by atoms with E-state index in [2.05, 4.69) is 66.7 Å². The average Bonchev–Trinajstić information content (AvgIpc) is 2.86. The fraction of sp³-hybridized carbons (Fsp3) is 0.211. The Labute approximate surface area is 126 Å². The Morgan fingerprint density at radius 1 is 0.857 bits per heavy atom. The van der Waals surface area contributed by atoms with Gasteiger partial charge in [0.1, 0.15) is 5.82 Å². The van der Waals surface area contributed by atoms with Crippen LogP contribution in [-0.4, -0.2) is 9.55 Å². The highest BCUT2D eigenvalue weighted by Crippen LogP contribution is 2.34. The molecule has 0 aliphatic heterocycles. The molecule has 21 heavy (non-hydrogen) atoms. The maximum atomic E-state index is 4.49. The van der Waals surface area contributed by atoms with Gasteiger partial charge in [-0.25, -0.2) is 4.98 Å². The molecule has 0 bridgehead atoms. The van der Waals surface area contributed by atoms with E-state index < -0.39 is 0 Å². The van der Waals surface area contributed by atoms with Crippen LogP contribution in [-0.2, 0) is 7.05 Å². The molecule has 0 aliphatic carbocycles. The molecule has 106 valence electrons. The molecule has 0 aliphatic rings. The second-order valence-corrected chi connectivity index (χ2v) is 5.61. The summed E-state index contributed by atoms with van der Waals surface area (Å²) in [6, 6.07) is 12.9. The van der Waals surface area contributed by atoms with Crippen molar-refractivity contribution in [1.82, 2.24) is 9.55 Å². The van der Waals surface area contributed by atoms with Gasteiger partial charge in [-0.2, -0.15) is 0 Å². The number of aromatic nitrogens is 2. The van der Waals surface area contributed by atoms with E-state index in [0.717, 1.165) is 5.82 Å². The number of hydrogen-bond acceptors (Lipinski definition) is 1. The smallest absolute Gasteiger partial charge is 0.139 e. The quantitative estimate of drug-likeness (QED) is 0.664. The fourth-order valence-corrected chi connectivity index (χ4v) is 3.01. The van der Waals surface area contributed by atoms with Crippen molar-refractivity contribution in [1.29, 1.82) is 0 Å². The van der Waals surface area contributed by atoms with E-state index in [4.69, 9.17) is 0 Å². The number of hydrogen-bond donors (Lipinski definition) is 0. The SMILES string of the molecule is Cc1cccc(C)c1-c1cccc(-c2nccn2C)c1C. The highest BCUT2D eigenvalue weighted by atomic mass is 15.0. The molecule has 0 spiro atoms. The zero-order valence-electron chi connectivity index (χ0n) is 13.0. The molecule has 2 heteroatoms. The Hall–Kier alpha value is -2.35. The van der Waals surface area contributed by atoms with E-state index in [9.17, 15) is 0 Å². The first-order valence-electron chi connectivity index (χ1n) is 7.23. The first kappa shape index (κ1) is 13.6. The summed E-state index contributed by atoms with van der Waals surface area (Å²) >= 11 is 0. The number of rotatable bonds is 2. The molecule has 3 rings (SSSR count). The van der Waals surface area contributed by atoms with E-state index in [1.54, 1.807) is 0 Å². The molecule has 0 N–H and O–H groups in total. The van der Waals surface area contributed by atoms with Gasteiger partial charge in [0.25, 0.3) is 0 Å². The summed E-state index contributed by atoms with van der Waals surface area (Å²) in [5, 5.41) is 0. The van der Waals surface area contributed by atoms with Gasteiger partial charge in [-0.3, -0.25) is 0 Å². The van der Waals surface area contributed by atoms with Crippen molar-refractivity contribution < 1.29 is 0 Å². The lowest BCUT2D eigenvalue weighted by Crippen LogP contribution is -1.97. The Bertz CT molecular complexity index is 777. The number of aryl methyl sites for hydroxylation is 3. The molecule has 2 nitrogen and oxygen atoms in total. The lowest BCUT2D eigenvalue weighted by molar-refractivity contribution is 0.923. The molecule has 0 atom stereocenters. The van der Waals surface area contributed by atoms with Gasteiger partial charge >= 0.3 is 0 Å². The fourth-order valence-electron chi connectivity index (χ4n) is 3.01. The normalized spacial score (nSPS) is 10.9. The van der Waals surface area contributed by atoms with Crippen molar-refractivity contribution in [2.75, 3.05) is 0 Å². The third kappa shape index (κ3) is 2.27. The van der Waals surface area contributed by atoms with Crippen LogP contribution in [0.4, 0.5) is 0 Å². The molecule has 0 saturated heterocycles. The molecular formula is C19H20N2. The van der Waals surface area contributed by atoms with Crippen molar-refractivity contribution in [2.45, 2.75) is 20.8 Å². The summed E-state index contributed by atoms with van der Waals surface area (Å²) < 4.78 is 2.07.